The first-order valence-corrected chi connectivity index (χ1v) is 43.4. The normalized spacial score (nSPS) is 21.0. The summed E-state index contributed by atoms with van der Waals surface area (Å²) in [4.78, 5) is 95.1. The van der Waals surface area contributed by atoms with Crippen LogP contribution >= 0.6 is 11.3 Å². The minimum absolute atomic E-state index is 0.00714. The van der Waals surface area contributed by atoms with Crippen molar-refractivity contribution < 1.29 is 52.5 Å². The maximum absolute atomic E-state index is 15.0. The number of hydrogen-bond donors (Lipinski definition) is 2. The van der Waals surface area contributed by atoms with Crippen molar-refractivity contribution in [2.75, 3.05) is 65.6 Å². The van der Waals surface area contributed by atoms with Crippen LogP contribution < -0.4 is 29.8 Å². The van der Waals surface area contributed by atoms with Gasteiger partial charge in [-0.3, -0.25) is 48.1 Å². The van der Waals surface area contributed by atoms with E-state index in [0.717, 1.165) is 157 Å². The molecule has 7 heterocycles. The lowest BCUT2D eigenvalue weighted by Gasteiger charge is -2.69. The summed E-state index contributed by atoms with van der Waals surface area (Å²) in [5, 5.41) is 29.0. The van der Waals surface area contributed by atoms with Crippen molar-refractivity contribution in [3.63, 3.8) is 0 Å². The molecule has 4 bridgehead atoms. The van der Waals surface area contributed by atoms with E-state index in [1.165, 1.54) is 18.6 Å². The van der Waals surface area contributed by atoms with Gasteiger partial charge in [0.1, 0.15) is 36.7 Å². The molecule has 5 amide bonds. The topological polar surface area (TPSA) is 287 Å². The van der Waals surface area contributed by atoms with Gasteiger partial charge in [-0.05, 0) is 199 Å². The van der Waals surface area contributed by atoms with Crippen molar-refractivity contribution in [3.8, 4) is 22.6 Å². The zero-order valence-corrected chi connectivity index (χ0v) is 67.1. The Hall–Kier alpha value is -9.35. The zero-order valence-electron chi connectivity index (χ0n) is 65.3. The van der Waals surface area contributed by atoms with Crippen molar-refractivity contribution in [1.82, 2.24) is 65.0 Å². The summed E-state index contributed by atoms with van der Waals surface area (Å²) in [5.41, 5.74) is 6.35. The van der Waals surface area contributed by atoms with Crippen LogP contribution in [0, 0.1) is 30.1 Å². The Labute approximate surface area is 648 Å². The number of benzene rings is 3. The fourth-order valence-electron chi connectivity index (χ4n) is 17.9. The molecule has 6 aliphatic rings. The van der Waals surface area contributed by atoms with E-state index in [1.54, 1.807) is 24.5 Å². The Morgan fingerprint density at radius 1 is 0.791 bits per heavy atom. The number of piperidine rings is 1. The van der Waals surface area contributed by atoms with E-state index in [0.29, 0.717) is 68.3 Å². The number of fused-ring (bicyclic) bond motifs is 2. The van der Waals surface area contributed by atoms with Gasteiger partial charge in [0.15, 0.2) is 28.7 Å². The van der Waals surface area contributed by atoms with E-state index in [-0.39, 0.29) is 76.4 Å². The summed E-state index contributed by atoms with van der Waals surface area (Å²) < 4.78 is 38.0. The summed E-state index contributed by atoms with van der Waals surface area (Å²) in [6.45, 7) is 20.7. The molecule has 2 aliphatic heterocycles. The lowest BCUT2D eigenvalue weighted by atomic mass is 9.39. The second-order valence-electron chi connectivity index (χ2n) is 33.2. The van der Waals surface area contributed by atoms with Crippen LogP contribution in [0.25, 0.3) is 21.3 Å². The maximum atomic E-state index is 15.0. The quantitative estimate of drug-likeness (QED) is 0.0158. The zero-order chi connectivity index (χ0) is 77.5. The third kappa shape index (κ3) is 18.5. The van der Waals surface area contributed by atoms with Crippen LogP contribution in [0.3, 0.4) is 0 Å². The summed E-state index contributed by atoms with van der Waals surface area (Å²) in [6.07, 6.45) is 18.3. The average molecular weight is 1540 g/mol. The molecule has 2 N–H and O–H groups in total. The number of nitrogens with one attached hydrogen (secondary N) is 2. The number of aromatic nitrogens is 9. The first kappa shape index (κ1) is 78.8. The number of thiazole rings is 1. The maximum Gasteiger partial charge on any atom is 0.358 e. The van der Waals surface area contributed by atoms with Crippen LogP contribution in [-0.2, 0) is 61.4 Å². The van der Waals surface area contributed by atoms with Gasteiger partial charge in [-0.2, -0.15) is 10.1 Å². The fraction of sp³-hybridized carbons (Fsp3) is 0.524. The summed E-state index contributed by atoms with van der Waals surface area (Å²) >= 11 is 1.58. The Bertz CT molecular complexity index is 4760. The van der Waals surface area contributed by atoms with Crippen LogP contribution in [-0.4, -0.2) is 170 Å². The number of ether oxygens (including phenoxy) is 5. The highest BCUT2D eigenvalue weighted by Gasteiger charge is 2.66. The van der Waals surface area contributed by atoms with Crippen molar-refractivity contribution in [3.05, 3.63) is 141 Å². The molecule has 3 atom stereocenters. The van der Waals surface area contributed by atoms with Crippen molar-refractivity contribution in [2.24, 2.45) is 21.2 Å². The third-order valence-corrected chi connectivity index (χ3v) is 24.9. The van der Waals surface area contributed by atoms with E-state index in [1.807, 2.05) is 83.5 Å². The fourth-order valence-corrected chi connectivity index (χ4v) is 19.7. The number of unbranched alkanes of at least 4 members (excludes halogenated alkanes) is 6. The molecule has 584 valence electrons. The molecule has 3 unspecified atom stereocenters. The van der Waals surface area contributed by atoms with E-state index in [9.17, 15) is 24.0 Å². The Balaban J connectivity index is 0.673. The number of pyridine rings is 1. The summed E-state index contributed by atoms with van der Waals surface area (Å²) in [5.74, 6) is -1.14. The number of rotatable bonds is 37. The van der Waals surface area contributed by atoms with Gasteiger partial charge in [0.25, 0.3) is 17.7 Å². The number of nitrogens with zero attached hydrogens (tertiary/aromatic N) is 13. The van der Waals surface area contributed by atoms with Crippen LogP contribution in [0.2, 0.25) is 25.7 Å². The van der Waals surface area contributed by atoms with Gasteiger partial charge in [0.2, 0.25) is 11.8 Å². The number of aryl methyl sites for hydroxylation is 3. The summed E-state index contributed by atoms with van der Waals surface area (Å²) in [7, 11) is 4.51. The lowest BCUT2D eigenvalue weighted by molar-refractivity contribution is -0.248. The first-order chi connectivity index (χ1) is 52.8. The second kappa shape index (κ2) is 33.7. The SMILES string of the molecule is COc1ccc(COC(=O)c2nc(N(CCCCCn3cc(CCCCCCCNC(=O)COc4cccc5c4C(=O)N(C4CCC(=O)NC4=O)C5=O)nn3)c3cc(C)c(N=c4sc5ccccc5n4COCC[Si](C)(C)C)nn3)ccc2-c2cnn(CC34CC5(C)CC(C)(C3)CC(OCCN(C)C)(C5)C4)c2C)cc1. The number of amides is 5. The van der Waals surface area contributed by atoms with Gasteiger partial charge in [0.05, 0.1) is 52.6 Å². The van der Waals surface area contributed by atoms with E-state index in [2.05, 4.69) is 102 Å². The molecule has 3 aromatic carbocycles. The Morgan fingerprint density at radius 3 is 2.33 bits per heavy atom. The predicted molar refractivity (Wildman–Crippen MR) is 421 cm³/mol. The lowest BCUT2D eigenvalue weighted by Crippen LogP contribution is -2.64. The largest absolute Gasteiger partial charge is 0.497 e. The Kier molecular flexibility index (Phi) is 24.1. The number of hydrogen-bond acceptors (Lipinski definition) is 21. The molecule has 8 aromatic rings. The van der Waals surface area contributed by atoms with Gasteiger partial charge in [-0.15, -0.1) is 15.3 Å². The smallest absolute Gasteiger partial charge is 0.358 e. The highest BCUT2D eigenvalue weighted by atomic mass is 32.1. The van der Waals surface area contributed by atoms with Crippen LogP contribution in [0.1, 0.15) is 170 Å². The van der Waals surface area contributed by atoms with Crippen molar-refractivity contribution in [1.29, 1.82) is 0 Å². The molecule has 0 spiro atoms. The molecule has 4 saturated carbocycles. The number of para-hydroxylation sites is 1. The van der Waals surface area contributed by atoms with Gasteiger partial charge in [-0.25, -0.2) is 9.78 Å². The highest BCUT2D eigenvalue weighted by Crippen LogP contribution is 2.72. The number of anilines is 2. The van der Waals surface area contributed by atoms with E-state index >= 15 is 4.79 Å². The minimum atomic E-state index is -1.32. The molecule has 1 saturated heterocycles. The molecule has 14 rings (SSSR count). The molecule has 4 aliphatic carbocycles. The molecule has 0 radical (unpaired) electrons. The van der Waals surface area contributed by atoms with Crippen LogP contribution in [0.4, 0.5) is 17.5 Å². The van der Waals surface area contributed by atoms with Crippen molar-refractivity contribution >= 4 is 82.6 Å². The molecule has 110 heavy (non-hydrogen) atoms. The number of imide groups is 2. The molecule has 5 aromatic heterocycles. The molecular formula is C82H105N15O11SSi. The highest BCUT2D eigenvalue weighted by molar-refractivity contribution is 7.16. The standard InChI is InChI=1S/C82H105N15O11SSi/c1-55-42-68(89-90-73(55)87-78-95(54-105-40-41-110(8,9)10)63-24-16-17-26-66(63)109-78)94(37-20-14-19-36-93-44-58(88-91-93)22-15-12-11-13-18-35-83-70(99)46-106-65-25-21-23-61-71(65)76(102)97(75(61)101)64-32-34-69(98)86-74(64)100)67-33-31-60(72(85-67)77(103)107-45-57-27-29-59(104-7)30-28-57)62-43-84-96(56(62)2)53-81-48-79(3)47-80(4,49-81)51-82(50-79,52-81)108-39-38-92(5)6/h16-17,21,23-31,33,42-44,64H,11-15,18-20,22,32,34-41,45-54H2,1-10H3,(H,83,99)(H,86,98,100). The molecule has 26 nitrogen and oxygen atoms in total. The molecule has 28 heteroatoms. The second-order valence-corrected chi connectivity index (χ2v) is 39.9. The van der Waals surface area contributed by atoms with Crippen molar-refractivity contribution in [2.45, 2.75) is 201 Å². The third-order valence-electron chi connectivity index (χ3n) is 22.2. The Morgan fingerprint density at radius 2 is 1.56 bits per heavy atom. The van der Waals surface area contributed by atoms with Crippen LogP contribution in [0.15, 0.2) is 102 Å². The van der Waals surface area contributed by atoms with Gasteiger partial charge in [-0.1, -0.05) is 99.6 Å². The number of carbonyl (C=O) groups excluding carboxylic acids is 6. The minimum Gasteiger partial charge on any atom is -0.497 e. The average Bonchev–Trinajstić information content (AvgIpc) is 0.827. The number of methoxy groups -OCH3 is 1. The van der Waals surface area contributed by atoms with E-state index < -0.39 is 43.7 Å². The van der Waals surface area contributed by atoms with E-state index in [4.69, 9.17) is 49.0 Å². The van der Waals surface area contributed by atoms with Crippen LogP contribution in [0.5, 0.6) is 11.5 Å². The summed E-state index contributed by atoms with van der Waals surface area (Å²) in [6, 6.07) is 26.2. The molecular weight excluding hydrogens is 1430 g/mol. The van der Waals surface area contributed by atoms with Gasteiger partial charge in [0, 0.05) is 76.8 Å². The van der Waals surface area contributed by atoms with Gasteiger partial charge < -0.3 is 38.8 Å². The van der Waals surface area contributed by atoms with Gasteiger partial charge >= 0.3 is 5.97 Å². The first-order valence-electron chi connectivity index (χ1n) is 38.9. The number of esters is 1. The number of likely N-dealkylation sites (N-methyl/N-ethyl adjacent to an activating group) is 1. The predicted octanol–water partition coefficient (Wildman–Crippen LogP) is 12.7. The number of carbonyl (C=O) groups is 6. The monoisotopic (exact) mass is 1540 g/mol. The molecule has 5 fully saturated rings.